The molecule has 1 aromatic heterocycles. The average Bonchev–Trinajstić information content (AvgIpc) is 3.07. The number of unbranched alkanes of at least 4 members (excludes halogenated alkanes) is 1. The van der Waals surface area contributed by atoms with E-state index in [0.29, 0.717) is 0 Å². The van der Waals surface area contributed by atoms with Gasteiger partial charge in [0.2, 0.25) is 0 Å². The van der Waals surface area contributed by atoms with Crippen LogP contribution in [0, 0.1) is 0 Å². The van der Waals surface area contributed by atoms with E-state index in [1.807, 2.05) is 24.3 Å². The van der Waals surface area contributed by atoms with Crippen LogP contribution in [0.25, 0.3) is 21.8 Å². The molecular weight excluding hydrogens is 328 g/mol. The summed E-state index contributed by atoms with van der Waals surface area (Å²) < 4.78 is 5.88. The van der Waals surface area contributed by atoms with Crippen molar-refractivity contribution in [3.63, 3.8) is 0 Å². The Labute approximate surface area is 151 Å². The average molecular weight is 348 g/mol. The molecule has 4 rings (SSSR count). The van der Waals surface area contributed by atoms with E-state index in [9.17, 15) is 0 Å². The SMILES string of the molecule is c1ccc2cc(OCCCCSc3nc4ccccc4[nH]3)ccc2c1. The highest BCUT2D eigenvalue weighted by atomic mass is 32.2. The second-order valence-corrected chi connectivity index (χ2v) is 7.06. The van der Waals surface area contributed by atoms with Crippen LogP contribution in [0.2, 0.25) is 0 Å². The quantitative estimate of drug-likeness (QED) is 0.345. The number of hydrogen-bond acceptors (Lipinski definition) is 3. The van der Waals surface area contributed by atoms with Gasteiger partial charge in [-0.15, -0.1) is 0 Å². The molecule has 0 amide bonds. The van der Waals surface area contributed by atoms with Crippen molar-refractivity contribution in [3.8, 4) is 5.75 Å². The van der Waals surface area contributed by atoms with Crippen molar-refractivity contribution in [1.29, 1.82) is 0 Å². The number of imidazole rings is 1. The number of ether oxygens (including phenoxy) is 1. The molecule has 4 aromatic rings. The molecule has 3 aromatic carbocycles. The second kappa shape index (κ2) is 7.62. The number of H-pyrrole nitrogens is 1. The van der Waals surface area contributed by atoms with E-state index in [2.05, 4.69) is 52.4 Å². The highest BCUT2D eigenvalue weighted by Gasteiger charge is 2.02. The molecule has 4 heteroatoms. The van der Waals surface area contributed by atoms with Crippen LogP contribution in [0.3, 0.4) is 0 Å². The molecule has 126 valence electrons. The number of nitrogens with one attached hydrogen (secondary N) is 1. The van der Waals surface area contributed by atoms with Gasteiger partial charge in [-0.2, -0.15) is 0 Å². The molecule has 0 saturated heterocycles. The Morgan fingerprint density at radius 2 is 1.72 bits per heavy atom. The number of benzene rings is 3. The maximum absolute atomic E-state index is 5.88. The molecule has 3 nitrogen and oxygen atoms in total. The van der Waals surface area contributed by atoms with Gasteiger partial charge in [-0.05, 0) is 47.9 Å². The zero-order valence-electron chi connectivity index (χ0n) is 13.9. The van der Waals surface area contributed by atoms with Crippen molar-refractivity contribution in [3.05, 3.63) is 66.7 Å². The highest BCUT2D eigenvalue weighted by Crippen LogP contribution is 2.22. The molecule has 0 aliphatic carbocycles. The number of fused-ring (bicyclic) bond motifs is 2. The third kappa shape index (κ3) is 3.97. The van der Waals surface area contributed by atoms with E-state index < -0.39 is 0 Å². The Morgan fingerprint density at radius 1 is 0.880 bits per heavy atom. The van der Waals surface area contributed by atoms with Crippen molar-refractivity contribution in [2.45, 2.75) is 18.0 Å². The van der Waals surface area contributed by atoms with Gasteiger partial charge in [-0.1, -0.05) is 54.2 Å². The summed E-state index contributed by atoms with van der Waals surface area (Å²) in [6.07, 6.45) is 2.15. The van der Waals surface area contributed by atoms with Crippen molar-refractivity contribution in [1.82, 2.24) is 9.97 Å². The zero-order valence-corrected chi connectivity index (χ0v) is 14.8. The van der Waals surface area contributed by atoms with Crippen LogP contribution in [-0.4, -0.2) is 22.3 Å². The van der Waals surface area contributed by atoms with Crippen molar-refractivity contribution in [2.24, 2.45) is 0 Å². The first-order valence-electron chi connectivity index (χ1n) is 8.58. The minimum Gasteiger partial charge on any atom is -0.494 e. The summed E-state index contributed by atoms with van der Waals surface area (Å²) in [7, 11) is 0. The van der Waals surface area contributed by atoms with E-state index in [1.165, 1.54) is 10.8 Å². The monoisotopic (exact) mass is 348 g/mol. The number of nitrogens with zero attached hydrogens (tertiary/aromatic N) is 1. The minimum atomic E-state index is 0.749. The summed E-state index contributed by atoms with van der Waals surface area (Å²) in [4.78, 5) is 7.93. The van der Waals surface area contributed by atoms with Crippen molar-refractivity contribution >= 4 is 33.6 Å². The van der Waals surface area contributed by atoms with Gasteiger partial charge in [-0.3, -0.25) is 0 Å². The fourth-order valence-electron chi connectivity index (χ4n) is 2.82. The first-order valence-corrected chi connectivity index (χ1v) is 9.56. The lowest BCUT2D eigenvalue weighted by molar-refractivity contribution is 0.310. The molecule has 0 spiro atoms. The van der Waals surface area contributed by atoms with E-state index in [4.69, 9.17) is 4.74 Å². The van der Waals surface area contributed by atoms with Crippen LogP contribution in [0.1, 0.15) is 12.8 Å². The first-order chi connectivity index (χ1) is 12.4. The van der Waals surface area contributed by atoms with Gasteiger partial charge >= 0.3 is 0 Å². The Kier molecular flexibility index (Phi) is 4.89. The Morgan fingerprint density at radius 3 is 2.64 bits per heavy atom. The summed E-state index contributed by atoms with van der Waals surface area (Å²) in [5, 5.41) is 3.47. The molecule has 0 atom stereocenters. The summed E-state index contributed by atoms with van der Waals surface area (Å²) in [5.41, 5.74) is 2.13. The predicted octanol–water partition coefficient (Wildman–Crippen LogP) is 5.67. The smallest absolute Gasteiger partial charge is 0.166 e. The largest absolute Gasteiger partial charge is 0.494 e. The maximum Gasteiger partial charge on any atom is 0.166 e. The number of rotatable bonds is 7. The summed E-state index contributed by atoms with van der Waals surface area (Å²) >= 11 is 1.77. The van der Waals surface area contributed by atoms with Crippen molar-refractivity contribution in [2.75, 3.05) is 12.4 Å². The molecule has 0 bridgehead atoms. The Bertz CT molecular complexity index is 947. The van der Waals surface area contributed by atoms with Crippen LogP contribution < -0.4 is 4.74 Å². The number of para-hydroxylation sites is 2. The standard InChI is InChI=1S/C21H20N2OS/c1-2-8-17-15-18(12-11-16(17)7-1)24-13-5-6-14-25-21-22-19-9-3-4-10-20(19)23-21/h1-4,7-12,15H,5-6,13-14H2,(H,22,23). The fourth-order valence-corrected chi connectivity index (χ4v) is 3.70. The molecule has 0 saturated carbocycles. The summed E-state index contributed by atoms with van der Waals surface area (Å²) in [6, 6.07) is 22.8. The molecule has 0 aliphatic heterocycles. The van der Waals surface area contributed by atoms with E-state index in [1.54, 1.807) is 11.8 Å². The predicted molar refractivity (Wildman–Crippen MR) is 105 cm³/mol. The molecular formula is C21H20N2OS. The lowest BCUT2D eigenvalue weighted by Gasteiger charge is -2.07. The molecule has 0 unspecified atom stereocenters. The van der Waals surface area contributed by atoms with E-state index in [-0.39, 0.29) is 0 Å². The topological polar surface area (TPSA) is 37.9 Å². The number of aromatic amines is 1. The number of aromatic nitrogens is 2. The van der Waals surface area contributed by atoms with Gasteiger partial charge in [0.15, 0.2) is 5.16 Å². The number of hydrogen-bond donors (Lipinski definition) is 1. The van der Waals surface area contributed by atoms with Gasteiger partial charge in [0, 0.05) is 5.75 Å². The van der Waals surface area contributed by atoms with Crippen LogP contribution in [0.15, 0.2) is 71.9 Å². The molecule has 0 radical (unpaired) electrons. The van der Waals surface area contributed by atoms with Gasteiger partial charge in [0.1, 0.15) is 5.75 Å². The zero-order chi connectivity index (χ0) is 16.9. The van der Waals surface area contributed by atoms with Gasteiger partial charge < -0.3 is 9.72 Å². The van der Waals surface area contributed by atoms with Crippen molar-refractivity contribution < 1.29 is 4.74 Å². The van der Waals surface area contributed by atoms with Crippen LogP contribution in [0.4, 0.5) is 0 Å². The lowest BCUT2D eigenvalue weighted by Crippen LogP contribution is -1.98. The van der Waals surface area contributed by atoms with E-state index in [0.717, 1.165) is 47.1 Å². The Balaban J connectivity index is 1.21. The molecule has 1 heterocycles. The van der Waals surface area contributed by atoms with E-state index >= 15 is 0 Å². The molecule has 0 aliphatic rings. The van der Waals surface area contributed by atoms with Crippen LogP contribution >= 0.6 is 11.8 Å². The molecule has 25 heavy (non-hydrogen) atoms. The fraction of sp³-hybridized carbons (Fsp3) is 0.190. The first kappa shape index (κ1) is 16.0. The van der Waals surface area contributed by atoms with Crippen LogP contribution in [-0.2, 0) is 0 Å². The molecule has 1 N–H and O–H groups in total. The number of thioether (sulfide) groups is 1. The third-order valence-corrected chi connectivity index (χ3v) is 5.09. The Hall–Kier alpha value is -2.46. The normalized spacial score (nSPS) is 11.2. The van der Waals surface area contributed by atoms with Gasteiger partial charge in [0.25, 0.3) is 0 Å². The third-order valence-electron chi connectivity index (χ3n) is 4.13. The molecule has 0 fully saturated rings. The van der Waals surface area contributed by atoms with Crippen LogP contribution in [0.5, 0.6) is 5.75 Å². The lowest BCUT2D eigenvalue weighted by atomic mass is 10.1. The maximum atomic E-state index is 5.88. The second-order valence-electron chi connectivity index (χ2n) is 5.97. The summed E-state index contributed by atoms with van der Waals surface area (Å²) in [5.74, 6) is 1.99. The van der Waals surface area contributed by atoms with Gasteiger partial charge in [0.05, 0.1) is 17.6 Å². The minimum absolute atomic E-state index is 0.749. The summed E-state index contributed by atoms with van der Waals surface area (Å²) in [6.45, 7) is 0.749. The van der Waals surface area contributed by atoms with Gasteiger partial charge in [-0.25, -0.2) is 4.98 Å². The highest BCUT2D eigenvalue weighted by molar-refractivity contribution is 7.99.